The van der Waals surface area contributed by atoms with E-state index in [4.69, 9.17) is 0 Å². The molecule has 0 saturated carbocycles. The van der Waals surface area contributed by atoms with Crippen molar-refractivity contribution in [1.82, 2.24) is 14.8 Å². The van der Waals surface area contributed by atoms with Gasteiger partial charge in [-0.1, -0.05) is 36.4 Å². The largest absolute Gasteiger partial charge is 0.290 e. The summed E-state index contributed by atoms with van der Waals surface area (Å²) in [4.78, 5) is 16.9. The van der Waals surface area contributed by atoms with Crippen LogP contribution in [0.1, 0.15) is 12.8 Å². The van der Waals surface area contributed by atoms with Gasteiger partial charge in [0, 0.05) is 23.7 Å². The van der Waals surface area contributed by atoms with Gasteiger partial charge in [-0.15, -0.1) is 0 Å². The number of nitrogens with one attached hydrogen (secondary N) is 1. The van der Waals surface area contributed by atoms with E-state index in [1.165, 1.54) is 0 Å². The molecular formula is C16H13N3O. The topological polar surface area (TPSA) is 50.7 Å². The highest BCUT2D eigenvalue weighted by Gasteiger charge is 2.13. The minimum Gasteiger partial charge on any atom is -0.290 e. The summed E-state index contributed by atoms with van der Waals surface area (Å²) < 4.78 is 1.64. The van der Waals surface area contributed by atoms with Crippen LogP contribution in [0.3, 0.4) is 0 Å². The lowest BCUT2D eigenvalue weighted by Crippen LogP contribution is -2.16. The van der Waals surface area contributed by atoms with Crippen LogP contribution >= 0.6 is 0 Å². The van der Waals surface area contributed by atoms with Gasteiger partial charge in [0.15, 0.2) is 0 Å². The Hall–Kier alpha value is -2.62. The molecule has 2 aromatic heterocycles. The van der Waals surface area contributed by atoms with Crippen molar-refractivity contribution in [2.45, 2.75) is 12.8 Å². The van der Waals surface area contributed by atoms with Crippen molar-refractivity contribution in [1.29, 1.82) is 0 Å². The Morgan fingerprint density at radius 1 is 1.15 bits per heavy atom. The van der Waals surface area contributed by atoms with Crippen molar-refractivity contribution in [2.75, 3.05) is 0 Å². The molecule has 0 amide bonds. The first-order chi connectivity index (χ1) is 9.84. The summed E-state index contributed by atoms with van der Waals surface area (Å²) in [6.45, 7) is 0. The van der Waals surface area contributed by atoms with Gasteiger partial charge in [0.1, 0.15) is 0 Å². The second-order valence-electron chi connectivity index (χ2n) is 4.92. The molecule has 0 spiro atoms. The monoisotopic (exact) mass is 263 g/mol. The van der Waals surface area contributed by atoms with Crippen LogP contribution in [-0.2, 0) is 0 Å². The van der Waals surface area contributed by atoms with Gasteiger partial charge in [-0.3, -0.25) is 14.9 Å². The van der Waals surface area contributed by atoms with Gasteiger partial charge in [-0.05, 0) is 12.5 Å². The Kier molecular flexibility index (Phi) is 2.36. The molecule has 1 N–H and O–H groups in total. The zero-order valence-electron chi connectivity index (χ0n) is 10.8. The molecule has 0 aliphatic heterocycles. The highest BCUT2D eigenvalue weighted by atomic mass is 16.1. The molecule has 0 bridgehead atoms. The van der Waals surface area contributed by atoms with E-state index in [2.05, 4.69) is 28.3 Å². The van der Waals surface area contributed by atoms with E-state index in [0.717, 1.165) is 35.0 Å². The van der Waals surface area contributed by atoms with Crippen molar-refractivity contribution in [3.05, 3.63) is 59.0 Å². The van der Waals surface area contributed by atoms with Gasteiger partial charge in [0.2, 0.25) is 0 Å². The summed E-state index contributed by atoms with van der Waals surface area (Å²) in [6, 6.07) is 7.85. The van der Waals surface area contributed by atoms with Crippen molar-refractivity contribution >= 4 is 27.5 Å². The average Bonchev–Trinajstić information content (AvgIpc) is 2.86. The van der Waals surface area contributed by atoms with E-state index in [1.54, 1.807) is 10.9 Å². The molecule has 1 aliphatic carbocycles. The summed E-state index contributed by atoms with van der Waals surface area (Å²) >= 11 is 0. The Morgan fingerprint density at radius 2 is 2.05 bits per heavy atom. The van der Waals surface area contributed by atoms with E-state index in [1.807, 2.05) is 24.3 Å². The molecule has 0 saturated heterocycles. The Bertz CT molecular complexity index is 928. The third-order valence-corrected chi connectivity index (χ3v) is 3.70. The first-order valence-corrected chi connectivity index (χ1v) is 6.67. The smallest absolute Gasteiger partial charge is 0.280 e. The van der Waals surface area contributed by atoms with E-state index in [9.17, 15) is 4.79 Å². The predicted molar refractivity (Wildman–Crippen MR) is 80.5 cm³/mol. The summed E-state index contributed by atoms with van der Waals surface area (Å²) in [5.74, 6) is 0. The number of para-hydroxylation sites is 1. The third-order valence-electron chi connectivity index (χ3n) is 3.70. The average molecular weight is 263 g/mol. The van der Waals surface area contributed by atoms with Crippen LogP contribution in [0, 0.1) is 0 Å². The molecule has 0 fully saturated rings. The number of aromatic amines is 1. The Balaban J connectivity index is 2.05. The summed E-state index contributed by atoms with van der Waals surface area (Å²) in [7, 11) is 0. The number of allylic oxidation sites excluding steroid dienone is 4. The van der Waals surface area contributed by atoms with Crippen LogP contribution in [0.25, 0.3) is 27.5 Å². The molecule has 4 rings (SSSR count). The number of pyridine rings is 1. The first-order valence-electron chi connectivity index (χ1n) is 6.67. The van der Waals surface area contributed by atoms with Crippen LogP contribution in [0.5, 0.6) is 0 Å². The van der Waals surface area contributed by atoms with Crippen LogP contribution in [-0.4, -0.2) is 14.8 Å². The lowest BCUT2D eigenvalue weighted by Gasteiger charge is -2.07. The van der Waals surface area contributed by atoms with Gasteiger partial charge >= 0.3 is 0 Å². The number of benzene rings is 1. The molecule has 2 heterocycles. The number of hydrogen-bond acceptors (Lipinski definition) is 2. The van der Waals surface area contributed by atoms with E-state index < -0.39 is 0 Å². The fraction of sp³-hybridized carbons (Fsp3) is 0.125. The molecule has 3 aromatic rings. The standard InChI is InChI=1S/C16H13N3O/c20-16-13-10-17-14-9-5-4-8-12(14)15(13)18-19(16)11-6-2-1-3-7-11/h1-2,4-5,7-10,18H,3,6H2. The van der Waals surface area contributed by atoms with Crippen LogP contribution in [0.4, 0.5) is 0 Å². The molecule has 0 atom stereocenters. The number of rotatable bonds is 1. The lowest BCUT2D eigenvalue weighted by molar-refractivity contribution is 0.854. The van der Waals surface area contributed by atoms with Gasteiger partial charge in [-0.25, -0.2) is 4.68 Å². The molecule has 4 nitrogen and oxygen atoms in total. The second kappa shape index (κ2) is 4.20. The Morgan fingerprint density at radius 3 is 2.90 bits per heavy atom. The number of fused-ring (bicyclic) bond motifs is 3. The van der Waals surface area contributed by atoms with Crippen molar-refractivity contribution in [3.63, 3.8) is 0 Å². The number of hydrogen-bond donors (Lipinski definition) is 1. The summed E-state index contributed by atoms with van der Waals surface area (Å²) in [5.41, 5.74) is 2.72. The van der Waals surface area contributed by atoms with Gasteiger partial charge in [0.25, 0.3) is 5.56 Å². The lowest BCUT2D eigenvalue weighted by atomic mass is 10.1. The van der Waals surface area contributed by atoms with Crippen LogP contribution < -0.4 is 5.56 Å². The maximum Gasteiger partial charge on any atom is 0.280 e. The summed E-state index contributed by atoms with van der Waals surface area (Å²) in [6.07, 6.45) is 9.57. The maximum atomic E-state index is 12.5. The van der Waals surface area contributed by atoms with E-state index in [-0.39, 0.29) is 5.56 Å². The number of nitrogens with zero attached hydrogens (tertiary/aromatic N) is 2. The highest BCUT2D eigenvalue weighted by Crippen LogP contribution is 2.21. The third kappa shape index (κ3) is 1.54. The quantitative estimate of drug-likeness (QED) is 0.686. The minimum atomic E-state index is -0.0280. The van der Waals surface area contributed by atoms with Crippen molar-refractivity contribution in [3.8, 4) is 0 Å². The zero-order valence-corrected chi connectivity index (χ0v) is 10.8. The fourth-order valence-corrected chi connectivity index (χ4v) is 2.68. The molecule has 0 unspecified atom stereocenters. The number of H-pyrrole nitrogens is 1. The highest BCUT2D eigenvalue weighted by molar-refractivity contribution is 6.02. The first kappa shape index (κ1) is 11.2. The molecule has 4 heteroatoms. The second-order valence-corrected chi connectivity index (χ2v) is 4.92. The van der Waals surface area contributed by atoms with Crippen molar-refractivity contribution in [2.24, 2.45) is 0 Å². The molecule has 0 radical (unpaired) electrons. The van der Waals surface area contributed by atoms with Crippen LogP contribution in [0.15, 0.2) is 53.5 Å². The molecular weight excluding hydrogens is 250 g/mol. The molecule has 98 valence electrons. The minimum absolute atomic E-state index is 0.0280. The molecule has 1 aromatic carbocycles. The molecule has 1 aliphatic rings. The fourth-order valence-electron chi connectivity index (χ4n) is 2.68. The summed E-state index contributed by atoms with van der Waals surface area (Å²) in [5, 5.41) is 4.86. The SMILES string of the molecule is O=c1c2cnc3ccccc3c2[nH]n1C1=CCC=CC1. The van der Waals surface area contributed by atoms with Crippen LogP contribution in [0.2, 0.25) is 0 Å². The van der Waals surface area contributed by atoms with Gasteiger partial charge in [0.05, 0.1) is 16.4 Å². The normalized spacial score (nSPS) is 14.9. The van der Waals surface area contributed by atoms with E-state index >= 15 is 0 Å². The predicted octanol–water partition coefficient (Wildman–Crippen LogP) is 3.07. The van der Waals surface area contributed by atoms with Gasteiger partial charge < -0.3 is 0 Å². The van der Waals surface area contributed by atoms with E-state index in [0.29, 0.717) is 5.39 Å². The Labute approximate surface area is 115 Å². The number of aromatic nitrogens is 3. The zero-order chi connectivity index (χ0) is 13.5. The van der Waals surface area contributed by atoms with Gasteiger partial charge in [-0.2, -0.15) is 0 Å². The molecule has 20 heavy (non-hydrogen) atoms. The maximum absolute atomic E-state index is 12.5. The van der Waals surface area contributed by atoms with Crippen molar-refractivity contribution < 1.29 is 0 Å².